The summed E-state index contributed by atoms with van der Waals surface area (Å²) in [5, 5.41) is 17.4. The number of alkyl halides is 2. The molecule has 7 rings (SSSR count). The first-order valence-electron chi connectivity index (χ1n) is 23.1. The van der Waals surface area contributed by atoms with Crippen molar-refractivity contribution in [2.75, 3.05) is 46.1 Å². The molecule has 2 aromatic carbocycles. The lowest BCUT2D eigenvalue weighted by molar-refractivity contribution is -0.144. The third-order valence-electron chi connectivity index (χ3n) is 12.4. The number of hydrogen-bond donors (Lipinski definition) is 4. The maximum atomic E-state index is 14.0. The Kier molecular flexibility index (Phi) is 16.8. The van der Waals surface area contributed by atoms with E-state index in [9.17, 15) is 28.3 Å². The number of halogens is 2. The van der Waals surface area contributed by atoms with E-state index in [4.69, 9.17) is 14.2 Å². The minimum absolute atomic E-state index is 0.0111. The third kappa shape index (κ3) is 12.6. The number of aromatic nitrogens is 3. The Labute approximate surface area is 394 Å². The number of likely N-dealkylation sites (tertiary alicyclic amines) is 1. The molecular formula is C50H63F2N7O7S. The molecule has 17 heteroatoms. The lowest BCUT2D eigenvalue weighted by Crippen LogP contribution is -2.58. The Morgan fingerprint density at radius 3 is 2.43 bits per heavy atom. The van der Waals surface area contributed by atoms with Gasteiger partial charge < -0.3 is 39.8 Å². The van der Waals surface area contributed by atoms with Crippen LogP contribution in [0, 0.1) is 12.3 Å². The number of unbranched alkanes of at least 4 members (excludes halogenated alkanes) is 2. The number of carbonyl (C=O) groups excluding carboxylic acids is 3. The van der Waals surface area contributed by atoms with Gasteiger partial charge in [-0.1, -0.05) is 63.2 Å². The van der Waals surface area contributed by atoms with Crippen molar-refractivity contribution < 1.29 is 42.5 Å². The molecule has 5 atom stereocenters. The molecule has 0 aliphatic carbocycles. The molecule has 1 fully saturated rings. The number of benzene rings is 2. The lowest BCUT2D eigenvalue weighted by atomic mass is 9.85. The molecule has 14 nitrogen and oxygen atoms in total. The molecule has 4 N–H and O–H groups in total. The molecule has 1 saturated heterocycles. The predicted molar refractivity (Wildman–Crippen MR) is 253 cm³/mol. The maximum Gasteiger partial charge on any atom is 0.251 e. The van der Waals surface area contributed by atoms with E-state index in [1.165, 1.54) is 4.90 Å². The number of rotatable bonds is 21. The summed E-state index contributed by atoms with van der Waals surface area (Å²) in [5.41, 5.74) is 7.73. The summed E-state index contributed by atoms with van der Waals surface area (Å²) >= 11 is 1.57. The van der Waals surface area contributed by atoms with Crippen LogP contribution >= 0.6 is 11.3 Å². The quantitative estimate of drug-likeness (QED) is 0.0563. The fourth-order valence-electron chi connectivity index (χ4n) is 8.96. The number of nitrogens with one attached hydrogen (secondary N) is 3. The normalized spacial score (nSPS) is 19.1. The number of thiazole rings is 1. The van der Waals surface area contributed by atoms with Crippen LogP contribution in [0.15, 0.2) is 72.4 Å². The second-order valence-corrected chi connectivity index (χ2v) is 19.4. The van der Waals surface area contributed by atoms with Crippen molar-refractivity contribution in [3.8, 4) is 16.2 Å². The molecule has 5 aromatic rings. The number of aromatic amines is 1. The summed E-state index contributed by atoms with van der Waals surface area (Å²) in [7, 11) is 0. The summed E-state index contributed by atoms with van der Waals surface area (Å²) in [6.07, 6.45) is 1.36. The van der Waals surface area contributed by atoms with Gasteiger partial charge in [0.25, 0.3) is 6.43 Å². The fourth-order valence-corrected chi connectivity index (χ4v) is 9.77. The number of β-amino-alcohol motifs (C(OH)–C–C–N with tert-alkyl or cyclic N) is 1. The van der Waals surface area contributed by atoms with Crippen molar-refractivity contribution in [3.63, 3.8) is 0 Å². The number of para-hydroxylation sites is 1. The van der Waals surface area contributed by atoms with Gasteiger partial charge in [0.1, 0.15) is 31.0 Å². The highest BCUT2D eigenvalue weighted by Gasteiger charge is 2.44. The number of amides is 3. The summed E-state index contributed by atoms with van der Waals surface area (Å²) in [5.74, 6) is -0.684. The van der Waals surface area contributed by atoms with Crippen LogP contribution in [0.2, 0.25) is 0 Å². The molecule has 5 heterocycles. The monoisotopic (exact) mass is 943 g/mol. The molecule has 0 saturated carbocycles. The van der Waals surface area contributed by atoms with Crippen molar-refractivity contribution in [2.45, 2.75) is 110 Å². The topological polar surface area (TPSA) is 171 Å². The van der Waals surface area contributed by atoms with Gasteiger partial charge in [0.05, 0.1) is 53.3 Å². The highest BCUT2D eigenvalue weighted by Crippen LogP contribution is 2.41. The van der Waals surface area contributed by atoms with E-state index in [1.807, 2.05) is 99.6 Å². The standard InChI is InChI=1S/C50H63F2N7O7S/c1-31-23-38-37-11-7-8-12-39(37)56-44(38)45(58(31)28-42(51)52)40-18-17-36(26-53-40)66-22-21-64-19-9-6-10-20-65-29-43(61)57-47(50(3,4)5)49(63)59-27-35(60)24-41(59)48(62)54-25-33-13-15-34(16-14-33)46-32(2)55-30-67-46/h7-8,11-18,26,30-31,35,41-42,45,47,56,60H,6,9-10,19-25,27-29H2,1-5H3,(H,54,62)(H,57,61)/t31-,35-,41+,45-,47-/m1/s1. The van der Waals surface area contributed by atoms with Crippen LogP contribution in [-0.4, -0.2) is 124 Å². The van der Waals surface area contributed by atoms with Gasteiger partial charge >= 0.3 is 0 Å². The highest BCUT2D eigenvalue weighted by molar-refractivity contribution is 7.13. The first kappa shape index (κ1) is 49.6. The van der Waals surface area contributed by atoms with Gasteiger partial charge in [0.15, 0.2) is 0 Å². The molecule has 0 unspecified atom stereocenters. The minimum atomic E-state index is -2.48. The molecule has 3 aromatic heterocycles. The second kappa shape index (κ2) is 22.6. The zero-order valence-electron chi connectivity index (χ0n) is 38.9. The number of aliphatic hydroxyl groups is 1. The average Bonchev–Trinajstić information content (AvgIpc) is 4.02. The first-order valence-corrected chi connectivity index (χ1v) is 24.0. The van der Waals surface area contributed by atoms with Gasteiger partial charge in [-0.2, -0.15) is 0 Å². The Bertz CT molecular complexity index is 2420. The molecular weight excluding hydrogens is 881 g/mol. The van der Waals surface area contributed by atoms with Crippen LogP contribution in [0.25, 0.3) is 21.3 Å². The van der Waals surface area contributed by atoms with Crippen LogP contribution in [-0.2, 0) is 36.8 Å². The van der Waals surface area contributed by atoms with Gasteiger partial charge in [-0.05, 0) is 79.8 Å². The van der Waals surface area contributed by atoms with Crippen LogP contribution in [0.1, 0.15) is 87.6 Å². The molecule has 2 aliphatic heterocycles. The third-order valence-corrected chi connectivity index (χ3v) is 13.4. The molecule has 2 aliphatic rings. The smallest absolute Gasteiger partial charge is 0.251 e. The highest BCUT2D eigenvalue weighted by atomic mass is 32.1. The number of aliphatic hydroxyl groups excluding tert-OH is 1. The predicted octanol–water partition coefficient (Wildman–Crippen LogP) is 6.99. The fraction of sp³-hybridized carbons (Fsp3) is 0.500. The summed E-state index contributed by atoms with van der Waals surface area (Å²) in [6, 6.07) is 17.2. The van der Waals surface area contributed by atoms with Gasteiger partial charge in [-0.25, -0.2) is 13.8 Å². The van der Waals surface area contributed by atoms with Crippen molar-refractivity contribution in [1.29, 1.82) is 0 Å². The number of hydrogen-bond acceptors (Lipinski definition) is 11. The Balaban J connectivity index is 0.782. The van der Waals surface area contributed by atoms with Crippen LogP contribution < -0.4 is 15.4 Å². The van der Waals surface area contributed by atoms with E-state index in [0.29, 0.717) is 50.7 Å². The van der Waals surface area contributed by atoms with Crippen molar-refractivity contribution in [1.82, 2.24) is 35.4 Å². The Morgan fingerprint density at radius 1 is 0.970 bits per heavy atom. The van der Waals surface area contributed by atoms with Gasteiger partial charge in [-0.3, -0.25) is 24.3 Å². The number of carbonyl (C=O) groups is 3. The van der Waals surface area contributed by atoms with Crippen molar-refractivity contribution >= 4 is 40.0 Å². The number of pyridine rings is 1. The second-order valence-electron chi connectivity index (χ2n) is 18.5. The van der Waals surface area contributed by atoms with Crippen molar-refractivity contribution in [3.05, 3.63) is 101 Å². The maximum absolute atomic E-state index is 14.0. The summed E-state index contributed by atoms with van der Waals surface area (Å²) in [4.78, 5) is 57.2. The van der Waals surface area contributed by atoms with Gasteiger partial charge in [-0.15, -0.1) is 11.3 Å². The average molecular weight is 944 g/mol. The number of nitrogens with zero attached hydrogens (tertiary/aromatic N) is 4. The molecule has 0 bridgehead atoms. The van der Waals surface area contributed by atoms with E-state index in [-0.39, 0.29) is 44.6 Å². The van der Waals surface area contributed by atoms with Crippen LogP contribution in [0.3, 0.4) is 0 Å². The van der Waals surface area contributed by atoms with Crippen LogP contribution in [0.5, 0.6) is 5.75 Å². The Morgan fingerprint density at radius 2 is 1.73 bits per heavy atom. The van der Waals surface area contributed by atoms with E-state index in [2.05, 4.69) is 31.7 Å². The number of aryl methyl sites for hydroxylation is 1. The van der Waals surface area contributed by atoms with E-state index in [0.717, 1.165) is 56.7 Å². The van der Waals surface area contributed by atoms with Crippen molar-refractivity contribution in [2.24, 2.45) is 5.41 Å². The summed E-state index contributed by atoms with van der Waals surface area (Å²) < 4.78 is 44.8. The van der Waals surface area contributed by atoms with E-state index < -0.39 is 47.9 Å². The number of ether oxygens (including phenoxy) is 3. The van der Waals surface area contributed by atoms with E-state index in [1.54, 1.807) is 17.5 Å². The largest absolute Gasteiger partial charge is 0.490 e. The molecule has 0 spiro atoms. The molecule has 360 valence electrons. The Hall–Kier alpha value is -5.33. The molecule has 3 amide bonds. The summed E-state index contributed by atoms with van der Waals surface area (Å²) in [6.45, 7) is 10.7. The lowest BCUT2D eigenvalue weighted by Gasteiger charge is -2.40. The number of fused-ring (bicyclic) bond motifs is 3. The van der Waals surface area contributed by atoms with Gasteiger partial charge in [0, 0.05) is 55.4 Å². The number of H-pyrrole nitrogens is 1. The van der Waals surface area contributed by atoms with Crippen LogP contribution in [0.4, 0.5) is 8.78 Å². The zero-order chi connectivity index (χ0) is 47.7. The molecule has 0 radical (unpaired) electrons. The van der Waals surface area contributed by atoms with Gasteiger partial charge in [0.2, 0.25) is 17.7 Å². The van der Waals surface area contributed by atoms with E-state index >= 15 is 0 Å². The molecule has 67 heavy (non-hydrogen) atoms. The SMILES string of the molecule is Cc1ncsc1-c1ccc(CNC(=O)[C@@H]2C[C@@H](O)CN2C(=O)[C@@H](NC(=O)COCCCCCOCCOc2ccc([C@@H]3c4[nH]c5ccccc5c4C[C@@H](C)N3CC(F)F)nc2)C(C)(C)C)cc1. The first-order chi connectivity index (χ1) is 32.2. The zero-order valence-corrected chi connectivity index (χ0v) is 39.8. The minimum Gasteiger partial charge on any atom is -0.490 e.